The summed E-state index contributed by atoms with van der Waals surface area (Å²) in [4.78, 5) is 10.3. The van der Waals surface area contributed by atoms with Crippen LogP contribution in [-0.2, 0) is 9.53 Å². The van der Waals surface area contributed by atoms with Crippen molar-refractivity contribution < 1.29 is 9.53 Å². The van der Waals surface area contributed by atoms with Crippen LogP contribution in [0.25, 0.3) is 0 Å². The Morgan fingerprint density at radius 3 is 2.88 bits per heavy atom. The van der Waals surface area contributed by atoms with E-state index in [-0.39, 0.29) is 5.78 Å². The second-order valence-electron chi connectivity index (χ2n) is 2.20. The lowest BCUT2D eigenvalue weighted by atomic mass is 10.2. The summed E-state index contributed by atoms with van der Waals surface area (Å²) in [5.41, 5.74) is 0. The van der Waals surface area contributed by atoms with Crippen LogP contribution in [0.1, 0.15) is 19.8 Å². The van der Waals surface area contributed by atoms with Crippen molar-refractivity contribution in [2.24, 2.45) is 0 Å². The molecule has 0 radical (unpaired) electrons. The van der Waals surface area contributed by atoms with Gasteiger partial charge in [-0.3, -0.25) is 0 Å². The number of carbonyl (C=O) groups is 1. The number of hydrogen-bond acceptors (Lipinski definition) is 2. The van der Waals surface area contributed by atoms with Gasteiger partial charge >= 0.3 is 0 Å². The van der Waals surface area contributed by atoms with Gasteiger partial charge in [-0.25, -0.2) is 0 Å². The molecule has 8 heavy (non-hydrogen) atoms. The minimum atomic E-state index is 0.264. The predicted molar refractivity (Wildman–Crippen MR) is 29.7 cm³/mol. The lowest BCUT2D eigenvalue weighted by Crippen LogP contribution is -1.92. The topological polar surface area (TPSA) is 29.6 Å². The van der Waals surface area contributed by atoms with Gasteiger partial charge in [0.15, 0.2) is 0 Å². The van der Waals surface area contributed by atoms with Gasteiger partial charge in [-0.2, -0.15) is 0 Å². The molecule has 1 saturated heterocycles. The number of ketones is 1. The van der Waals surface area contributed by atoms with Gasteiger partial charge in [0.05, 0.1) is 12.7 Å². The molecular weight excluding hydrogens is 104 g/mol. The van der Waals surface area contributed by atoms with E-state index in [1.807, 2.05) is 0 Å². The van der Waals surface area contributed by atoms with Crippen molar-refractivity contribution >= 4 is 5.78 Å². The largest absolute Gasteiger partial charge is 0.373 e. The van der Waals surface area contributed by atoms with Crippen LogP contribution in [0.15, 0.2) is 0 Å². The Balaban J connectivity index is 1.95. The minimum Gasteiger partial charge on any atom is -0.373 e. The monoisotopic (exact) mass is 114 g/mol. The molecule has 1 atom stereocenters. The fourth-order valence-corrected chi connectivity index (χ4v) is 0.599. The average Bonchev–Trinajstić information content (AvgIpc) is 2.41. The second-order valence-corrected chi connectivity index (χ2v) is 2.20. The van der Waals surface area contributed by atoms with Crippen molar-refractivity contribution in [3.63, 3.8) is 0 Å². The summed E-state index contributed by atoms with van der Waals surface area (Å²) in [5, 5.41) is 0. The molecule has 0 spiro atoms. The molecule has 1 unspecified atom stereocenters. The number of rotatable bonds is 3. The Bertz CT molecular complexity index is 94.7. The normalized spacial score (nSPS) is 25.4. The standard InChI is InChI=1S/C6H10O2/c1-5(7)2-3-6-4-8-6/h6H,2-4H2,1H3. The number of Topliss-reactive ketones (excluding diaryl/α,β-unsaturated/α-hetero) is 1. The molecule has 1 fully saturated rings. The van der Waals surface area contributed by atoms with E-state index < -0.39 is 0 Å². The molecular formula is C6H10O2. The molecule has 0 aromatic carbocycles. The van der Waals surface area contributed by atoms with E-state index in [1.165, 1.54) is 0 Å². The fraction of sp³-hybridized carbons (Fsp3) is 0.833. The van der Waals surface area contributed by atoms with Crippen LogP contribution in [-0.4, -0.2) is 18.5 Å². The zero-order valence-electron chi connectivity index (χ0n) is 5.02. The lowest BCUT2D eigenvalue weighted by Gasteiger charge is -1.86. The van der Waals surface area contributed by atoms with E-state index in [4.69, 9.17) is 4.74 Å². The first-order valence-electron chi connectivity index (χ1n) is 2.90. The zero-order valence-corrected chi connectivity index (χ0v) is 5.02. The molecule has 1 heterocycles. The minimum absolute atomic E-state index is 0.264. The third kappa shape index (κ3) is 2.07. The highest BCUT2D eigenvalue weighted by molar-refractivity contribution is 5.75. The summed E-state index contributed by atoms with van der Waals surface area (Å²) in [7, 11) is 0. The third-order valence-corrected chi connectivity index (χ3v) is 1.22. The zero-order chi connectivity index (χ0) is 5.98. The van der Waals surface area contributed by atoms with E-state index in [0.717, 1.165) is 13.0 Å². The first kappa shape index (κ1) is 5.76. The van der Waals surface area contributed by atoms with Crippen molar-refractivity contribution in [3.8, 4) is 0 Å². The average molecular weight is 114 g/mol. The van der Waals surface area contributed by atoms with Crippen LogP contribution in [0.4, 0.5) is 0 Å². The highest BCUT2D eigenvalue weighted by Crippen LogP contribution is 2.14. The quantitative estimate of drug-likeness (QED) is 0.507. The van der Waals surface area contributed by atoms with Gasteiger partial charge in [-0.15, -0.1) is 0 Å². The Hall–Kier alpha value is -0.370. The van der Waals surface area contributed by atoms with Crippen molar-refractivity contribution in [1.82, 2.24) is 0 Å². The molecule has 0 amide bonds. The summed E-state index contributed by atoms with van der Waals surface area (Å²) in [5.74, 6) is 0.264. The van der Waals surface area contributed by atoms with E-state index in [9.17, 15) is 4.79 Å². The highest BCUT2D eigenvalue weighted by atomic mass is 16.6. The smallest absolute Gasteiger partial charge is 0.129 e. The van der Waals surface area contributed by atoms with Gasteiger partial charge < -0.3 is 9.53 Å². The van der Waals surface area contributed by atoms with Crippen molar-refractivity contribution in [1.29, 1.82) is 0 Å². The number of carbonyl (C=O) groups excluding carboxylic acids is 1. The second kappa shape index (κ2) is 2.27. The van der Waals surface area contributed by atoms with Gasteiger partial charge in [0.1, 0.15) is 5.78 Å². The molecule has 0 bridgehead atoms. The Morgan fingerprint density at radius 1 is 1.88 bits per heavy atom. The number of hydrogen-bond donors (Lipinski definition) is 0. The molecule has 2 nitrogen and oxygen atoms in total. The van der Waals surface area contributed by atoms with E-state index >= 15 is 0 Å². The van der Waals surface area contributed by atoms with E-state index in [1.54, 1.807) is 6.92 Å². The van der Waals surface area contributed by atoms with Crippen LogP contribution >= 0.6 is 0 Å². The number of epoxide rings is 1. The summed E-state index contributed by atoms with van der Waals surface area (Å²) in [6.45, 7) is 2.48. The molecule has 46 valence electrons. The van der Waals surface area contributed by atoms with E-state index in [2.05, 4.69) is 0 Å². The molecule has 1 aliphatic heterocycles. The van der Waals surface area contributed by atoms with Gasteiger partial charge in [0.25, 0.3) is 0 Å². The SMILES string of the molecule is CC(=O)CCC1CO1. The van der Waals surface area contributed by atoms with Crippen molar-refractivity contribution in [2.45, 2.75) is 25.9 Å². The Labute approximate surface area is 48.8 Å². The van der Waals surface area contributed by atoms with Crippen molar-refractivity contribution in [2.75, 3.05) is 6.61 Å². The van der Waals surface area contributed by atoms with Crippen LogP contribution < -0.4 is 0 Å². The summed E-state index contributed by atoms with van der Waals surface area (Å²) in [6.07, 6.45) is 2.03. The summed E-state index contributed by atoms with van der Waals surface area (Å²) >= 11 is 0. The molecule has 1 rings (SSSR count). The van der Waals surface area contributed by atoms with E-state index in [0.29, 0.717) is 12.5 Å². The third-order valence-electron chi connectivity index (χ3n) is 1.22. The van der Waals surface area contributed by atoms with Gasteiger partial charge in [-0.1, -0.05) is 0 Å². The van der Waals surface area contributed by atoms with Crippen LogP contribution in [0.3, 0.4) is 0 Å². The molecule has 0 saturated carbocycles. The van der Waals surface area contributed by atoms with Crippen LogP contribution in [0.5, 0.6) is 0 Å². The Kier molecular flexibility index (Phi) is 1.63. The maximum atomic E-state index is 10.3. The first-order valence-corrected chi connectivity index (χ1v) is 2.90. The van der Waals surface area contributed by atoms with Crippen molar-refractivity contribution in [3.05, 3.63) is 0 Å². The lowest BCUT2D eigenvalue weighted by molar-refractivity contribution is -0.117. The first-order chi connectivity index (χ1) is 3.79. The maximum Gasteiger partial charge on any atom is 0.129 e. The summed E-state index contributed by atoms with van der Waals surface area (Å²) in [6, 6.07) is 0. The van der Waals surface area contributed by atoms with Crippen LogP contribution in [0, 0.1) is 0 Å². The molecule has 1 aliphatic rings. The maximum absolute atomic E-state index is 10.3. The van der Waals surface area contributed by atoms with Gasteiger partial charge in [-0.05, 0) is 13.3 Å². The summed E-state index contributed by atoms with van der Waals surface area (Å²) < 4.78 is 4.91. The van der Waals surface area contributed by atoms with Gasteiger partial charge in [0, 0.05) is 6.42 Å². The van der Waals surface area contributed by atoms with Crippen LogP contribution in [0.2, 0.25) is 0 Å². The highest BCUT2D eigenvalue weighted by Gasteiger charge is 2.21. The predicted octanol–water partition coefficient (Wildman–Crippen LogP) is 0.754. The molecule has 0 N–H and O–H groups in total. The molecule has 0 aliphatic carbocycles. The molecule has 0 aromatic rings. The molecule has 2 heteroatoms. The fourth-order valence-electron chi connectivity index (χ4n) is 0.599. The van der Waals surface area contributed by atoms with Gasteiger partial charge in [0.2, 0.25) is 0 Å². The molecule has 0 aromatic heterocycles. The number of ether oxygens (including phenoxy) is 1. The Morgan fingerprint density at radius 2 is 2.50 bits per heavy atom.